The van der Waals surface area contributed by atoms with Gasteiger partial charge in [0.15, 0.2) is 0 Å². The van der Waals surface area contributed by atoms with Crippen LogP contribution in [-0.2, 0) is 24.1 Å². The molecular formula is C22H15B3F3N3O3. The van der Waals surface area contributed by atoms with Gasteiger partial charge in [-0.05, 0) is 35.9 Å². The SMILES string of the molecule is [B]C([B])([B])N(C(=O)c1ccc2nc(N)c3c(c2c1)COC3)C1COc2cc(C(F)(F)F)ccc21. The fraction of sp³-hybridized carbons (Fsp3) is 0.273. The number of alkyl halides is 3. The van der Waals surface area contributed by atoms with Crippen molar-refractivity contribution < 1.29 is 27.4 Å². The van der Waals surface area contributed by atoms with E-state index in [-0.39, 0.29) is 17.9 Å². The molecule has 1 amide bonds. The fourth-order valence-electron chi connectivity index (χ4n) is 4.41. The Morgan fingerprint density at radius 2 is 1.82 bits per heavy atom. The molecule has 0 aliphatic carbocycles. The van der Waals surface area contributed by atoms with E-state index in [9.17, 15) is 18.0 Å². The van der Waals surface area contributed by atoms with Gasteiger partial charge in [-0.25, -0.2) is 4.98 Å². The van der Waals surface area contributed by atoms with Crippen molar-refractivity contribution >= 4 is 46.2 Å². The van der Waals surface area contributed by atoms with Crippen LogP contribution in [0.1, 0.15) is 38.7 Å². The van der Waals surface area contributed by atoms with E-state index >= 15 is 0 Å². The molecule has 1 unspecified atom stereocenters. The number of nitrogen functional groups attached to an aromatic ring is 1. The van der Waals surface area contributed by atoms with Gasteiger partial charge in [0.05, 0.1) is 53.9 Å². The van der Waals surface area contributed by atoms with Crippen LogP contribution in [0, 0.1) is 0 Å². The lowest BCUT2D eigenvalue weighted by molar-refractivity contribution is -0.137. The van der Waals surface area contributed by atoms with E-state index in [0.29, 0.717) is 35.5 Å². The Bertz CT molecular complexity index is 1330. The summed E-state index contributed by atoms with van der Waals surface area (Å²) in [5.41, 5.74) is 7.83. The number of benzene rings is 2. The number of anilines is 1. The molecule has 6 radical (unpaired) electrons. The molecule has 0 bridgehead atoms. The Labute approximate surface area is 196 Å². The number of pyridine rings is 1. The zero-order chi connectivity index (χ0) is 24.4. The average Bonchev–Trinajstić information content (AvgIpc) is 3.40. The molecule has 0 saturated heterocycles. The molecule has 0 spiro atoms. The first kappa shape index (κ1) is 22.6. The topological polar surface area (TPSA) is 77.7 Å². The Morgan fingerprint density at radius 3 is 2.53 bits per heavy atom. The van der Waals surface area contributed by atoms with Crippen LogP contribution in [0.2, 0.25) is 0 Å². The van der Waals surface area contributed by atoms with E-state index < -0.39 is 28.9 Å². The molecule has 2 N–H and O–H groups in total. The van der Waals surface area contributed by atoms with Gasteiger partial charge in [0.1, 0.15) is 18.2 Å². The van der Waals surface area contributed by atoms with Crippen LogP contribution in [0.4, 0.5) is 19.0 Å². The van der Waals surface area contributed by atoms with Gasteiger partial charge in [0, 0.05) is 22.1 Å². The number of ether oxygens (including phenoxy) is 2. The van der Waals surface area contributed by atoms with Crippen LogP contribution in [0.15, 0.2) is 36.4 Å². The lowest BCUT2D eigenvalue weighted by atomic mass is 9.48. The first-order valence-electron chi connectivity index (χ1n) is 10.3. The lowest BCUT2D eigenvalue weighted by Crippen LogP contribution is -2.55. The molecule has 3 heterocycles. The van der Waals surface area contributed by atoms with E-state index in [1.54, 1.807) is 12.1 Å². The van der Waals surface area contributed by atoms with Gasteiger partial charge in [-0.1, -0.05) is 11.3 Å². The van der Waals surface area contributed by atoms with E-state index in [1.165, 1.54) is 12.1 Å². The summed E-state index contributed by atoms with van der Waals surface area (Å²) in [5.74, 6) is -0.279. The molecule has 6 nitrogen and oxygen atoms in total. The maximum atomic E-state index is 13.6. The zero-order valence-corrected chi connectivity index (χ0v) is 17.7. The largest absolute Gasteiger partial charge is 0.491 e. The van der Waals surface area contributed by atoms with Crippen LogP contribution in [0.25, 0.3) is 10.9 Å². The molecule has 34 heavy (non-hydrogen) atoms. The summed E-state index contributed by atoms with van der Waals surface area (Å²) < 4.78 is 50.2. The lowest BCUT2D eigenvalue weighted by Gasteiger charge is -2.41. The van der Waals surface area contributed by atoms with Gasteiger partial charge >= 0.3 is 6.18 Å². The third-order valence-electron chi connectivity index (χ3n) is 6.02. The number of carbonyl (C=O) groups is 1. The summed E-state index contributed by atoms with van der Waals surface area (Å²) in [6, 6.07) is 6.90. The highest BCUT2D eigenvalue weighted by Crippen LogP contribution is 2.42. The minimum absolute atomic E-state index is 0.0185. The number of nitrogens with zero attached hydrogens (tertiary/aromatic N) is 2. The second-order valence-electron chi connectivity index (χ2n) is 8.32. The van der Waals surface area contributed by atoms with Crippen molar-refractivity contribution in [1.29, 1.82) is 0 Å². The van der Waals surface area contributed by atoms with Gasteiger partial charge in [0.2, 0.25) is 0 Å². The maximum absolute atomic E-state index is 13.6. The van der Waals surface area contributed by atoms with Gasteiger partial charge in [-0.2, -0.15) is 13.2 Å². The van der Waals surface area contributed by atoms with E-state index in [4.69, 9.17) is 38.7 Å². The minimum atomic E-state index is -4.54. The van der Waals surface area contributed by atoms with Crippen molar-refractivity contribution in [1.82, 2.24) is 9.88 Å². The number of fused-ring (bicyclic) bond motifs is 4. The Balaban J connectivity index is 1.56. The quantitative estimate of drug-likeness (QED) is 0.610. The van der Waals surface area contributed by atoms with Crippen LogP contribution in [-0.4, -0.2) is 51.2 Å². The summed E-state index contributed by atoms with van der Waals surface area (Å²) in [6.07, 6.45) is -4.54. The van der Waals surface area contributed by atoms with Crippen molar-refractivity contribution in [3.63, 3.8) is 0 Å². The molecule has 166 valence electrons. The highest BCUT2D eigenvalue weighted by Gasteiger charge is 2.40. The number of amides is 1. The monoisotopic (exact) mass is 459 g/mol. The third kappa shape index (κ3) is 3.70. The zero-order valence-electron chi connectivity index (χ0n) is 17.7. The average molecular weight is 459 g/mol. The molecule has 2 aromatic carbocycles. The second kappa shape index (κ2) is 7.70. The first-order chi connectivity index (χ1) is 15.9. The molecule has 1 aromatic heterocycles. The standard InChI is InChI=1S/C22H15B3F3N3O3/c23-22(24,25)31(17-9-34-18-6-11(21(26,27)28)2-3-12(17)18)20(32)10-1-4-16-13(5-10)14-7-33-8-15(14)19(29)30-16/h1-6,17H,7-9H2,(H2,29,30). The maximum Gasteiger partial charge on any atom is 0.416 e. The number of aromatic nitrogens is 1. The number of halogens is 3. The van der Waals surface area contributed by atoms with E-state index in [2.05, 4.69) is 4.98 Å². The van der Waals surface area contributed by atoms with Gasteiger partial charge in [0.25, 0.3) is 5.91 Å². The second-order valence-corrected chi connectivity index (χ2v) is 8.32. The third-order valence-corrected chi connectivity index (χ3v) is 6.02. The predicted molar refractivity (Wildman–Crippen MR) is 120 cm³/mol. The highest BCUT2D eigenvalue weighted by molar-refractivity contribution is 6.60. The van der Waals surface area contributed by atoms with Gasteiger partial charge in [-0.15, -0.1) is 0 Å². The molecule has 1 atom stereocenters. The van der Waals surface area contributed by atoms with E-state index in [1.807, 2.05) is 0 Å². The molecular weight excluding hydrogens is 444 g/mol. The fourth-order valence-corrected chi connectivity index (χ4v) is 4.41. The molecule has 0 fully saturated rings. The van der Waals surface area contributed by atoms with Crippen molar-refractivity contribution in [2.75, 3.05) is 12.3 Å². The van der Waals surface area contributed by atoms with E-state index in [0.717, 1.165) is 28.2 Å². The molecule has 0 saturated carbocycles. The molecule has 5 rings (SSSR count). The first-order valence-corrected chi connectivity index (χ1v) is 10.3. The van der Waals surface area contributed by atoms with Crippen molar-refractivity contribution in [3.8, 4) is 5.75 Å². The number of carbonyl (C=O) groups excluding carboxylic acids is 1. The number of hydrogen-bond acceptors (Lipinski definition) is 5. The normalized spacial score (nSPS) is 17.3. The van der Waals surface area contributed by atoms with Gasteiger partial charge in [-0.3, -0.25) is 4.79 Å². The number of hydrogen-bond donors (Lipinski definition) is 1. The highest BCUT2D eigenvalue weighted by atomic mass is 19.4. The molecule has 3 aromatic rings. The van der Waals surface area contributed by atoms with Crippen LogP contribution >= 0.6 is 0 Å². The molecule has 12 heteroatoms. The van der Waals surface area contributed by atoms with Crippen LogP contribution < -0.4 is 10.5 Å². The summed E-state index contributed by atoms with van der Waals surface area (Å²) in [4.78, 5) is 19.0. The van der Waals surface area contributed by atoms with Gasteiger partial charge < -0.3 is 20.1 Å². The number of rotatable bonds is 3. The minimum Gasteiger partial charge on any atom is -0.491 e. The molecule has 2 aliphatic rings. The summed E-state index contributed by atoms with van der Waals surface area (Å²) in [6.45, 7) is 0.479. The Morgan fingerprint density at radius 1 is 1.09 bits per heavy atom. The summed E-state index contributed by atoms with van der Waals surface area (Å²) in [7, 11) is 17.9. The van der Waals surface area contributed by atoms with Crippen molar-refractivity contribution in [2.45, 2.75) is 30.7 Å². The van der Waals surface area contributed by atoms with Crippen LogP contribution in [0.5, 0.6) is 5.75 Å². The van der Waals surface area contributed by atoms with Crippen molar-refractivity contribution in [2.24, 2.45) is 0 Å². The number of nitrogens with two attached hydrogens (primary N) is 1. The smallest absolute Gasteiger partial charge is 0.416 e. The van der Waals surface area contributed by atoms with Crippen LogP contribution in [0.3, 0.4) is 0 Å². The summed E-state index contributed by atoms with van der Waals surface area (Å²) in [5, 5.41) is -1.45. The molecule has 2 aliphatic heterocycles. The summed E-state index contributed by atoms with van der Waals surface area (Å²) >= 11 is 0. The Hall–Kier alpha value is -3.14. The Kier molecular flexibility index (Phi) is 5.13. The van der Waals surface area contributed by atoms with Crippen molar-refractivity contribution in [3.05, 3.63) is 64.2 Å². The predicted octanol–water partition coefficient (Wildman–Crippen LogP) is 2.56.